The molecule has 0 saturated carbocycles. The van der Waals surface area contributed by atoms with Crippen LogP contribution in [0.15, 0.2) is 45.6 Å². The molecule has 0 fully saturated rings. The van der Waals surface area contributed by atoms with Crippen LogP contribution >= 0.6 is 11.3 Å². The lowest BCUT2D eigenvalue weighted by atomic mass is 9.98. The maximum atomic E-state index is 13.7. The van der Waals surface area contributed by atoms with Gasteiger partial charge >= 0.3 is 0 Å². The second-order valence-electron chi connectivity index (χ2n) is 8.28. The zero-order valence-corrected chi connectivity index (χ0v) is 20.6. The summed E-state index contributed by atoms with van der Waals surface area (Å²) in [5.41, 5.74) is 0.861. The summed E-state index contributed by atoms with van der Waals surface area (Å²) in [5.74, 6) is 0.838. The second-order valence-corrected chi connectivity index (χ2v) is 9.27. The Hall–Kier alpha value is -3.92. The number of nitrogens with zero attached hydrogens (tertiary/aromatic N) is 3. The lowest BCUT2D eigenvalue weighted by Crippen LogP contribution is -2.29. The van der Waals surface area contributed by atoms with Crippen LogP contribution in [0.3, 0.4) is 0 Å². The number of amides is 1. The van der Waals surface area contributed by atoms with E-state index in [-0.39, 0.29) is 22.7 Å². The number of aromatic nitrogens is 2. The number of carbonyl (C=O) groups excluding carboxylic acids is 1. The van der Waals surface area contributed by atoms with Crippen molar-refractivity contribution < 1.29 is 23.4 Å². The number of fused-ring (bicyclic) bond motifs is 2. The third kappa shape index (κ3) is 3.52. The molecule has 1 aliphatic heterocycles. The molecule has 1 atom stereocenters. The molecule has 10 heteroatoms. The number of anilines is 1. The van der Waals surface area contributed by atoms with Gasteiger partial charge in [0.05, 0.1) is 38.3 Å². The van der Waals surface area contributed by atoms with Gasteiger partial charge in [0, 0.05) is 5.92 Å². The fourth-order valence-corrected chi connectivity index (χ4v) is 5.12. The number of benzene rings is 2. The van der Waals surface area contributed by atoms with Crippen molar-refractivity contribution in [3.05, 3.63) is 68.5 Å². The van der Waals surface area contributed by atoms with Crippen LogP contribution in [0.25, 0.3) is 11.0 Å². The standard InChI is InChI=1S/C25H23N3O6S/c1-12(2)23-26-27-25(35-23)28-19(13-10-16(31-3)21(33-5)17(11-13)32-4)18-20(29)14-8-6-7-9-15(14)34-22(18)24(28)30/h6-12,19H,1-5H3/t19-/m0/s1. The summed E-state index contributed by atoms with van der Waals surface area (Å²) in [7, 11) is 4.53. The molecule has 35 heavy (non-hydrogen) atoms. The van der Waals surface area contributed by atoms with Crippen LogP contribution in [0.5, 0.6) is 17.2 Å². The molecule has 0 radical (unpaired) electrons. The van der Waals surface area contributed by atoms with Crippen molar-refractivity contribution in [1.82, 2.24) is 10.2 Å². The minimum atomic E-state index is -0.833. The summed E-state index contributed by atoms with van der Waals surface area (Å²) >= 11 is 1.30. The SMILES string of the molecule is COc1cc([C@H]2c3c(oc4ccccc4c3=O)C(=O)N2c2nnc(C(C)C)s2)cc(OC)c1OC. The summed E-state index contributed by atoms with van der Waals surface area (Å²) in [6, 6.07) is 9.48. The van der Waals surface area contributed by atoms with Gasteiger partial charge in [-0.3, -0.25) is 14.5 Å². The van der Waals surface area contributed by atoms with Gasteiger partial charge in [0.15, 0.2) is 16.9 Å². The quantitative estimate of drug-likeness (QED) is 0.386. The summed E-state index contributed by atoms with van der Waals surface area (Å²) < 4.78 is 22.5. The minimum Gasteiger partial charge on any atom is -0.493 e. The lowest BCUT2D eigenvalue weighted by Gasteiger charge is -2.24. The fourth-order valence-electron chi connectivity index (χ4n) is 4.25. The van der Waals surface area contributed by atoms with E-state index in [4.69, 9.17) is 18.6 Å². The molecule has 9 nitrogen and oxygen atoms in total. The molecule has 2 aromatic carbocycles. The first-order chi connectivity index (χ1) is 16.9. The average Bonchev–Trinajstić information content (AvgIpc) is 3.46. The van der Waals surface area contributed by atoms with Gasteiger partial charge in [0.1, 0.15) is 10.6 Å². The topological polar surface area (TPSA) is 104 Å². The Labute approximate surface area is 204 Å². The number of hydrogen-bond acceptors (Lipinski definition) is 9. The molecule has 5 rings (SSSR count). The van der Waals surface area contributed by atoms with Crippen LogP contribution < -0.4 is 24.5 Å². The second kappa shape index (κ2) is 8.70. The Bertz CT molecular complexity index is 1480. The van der Waals surface area contributed by atoms with Crippen molar-refractivity contribution >= 4 is 33.3 Å². The fraction of sp³-hybridized carbons (Fsp3) is 0.280. The van der Waals surface area contributed by atoms with Crippen molar-refractivity contribution in [3.63, 3.8) is 0 Å². The van der Waals surface area contributed by atoms with E-state index in [1.807, 2.05) is 13.8 Å². The highest BCUT2D eigenvalue weighted by Crippen LogP contribution is 2.47. The molecule has 1 amide bonds. The van der Waals surface area contributed by atoms with E-state index in [2.05, 4.69) is 10.2 Å². The van der Waals surface area contributed by atoms with E-state index < -0.39 is 11.9 Å². The normalized spacial score (nSPS) is 15.1. The Balaban J connectivity index is 1.81. The Kier molecular flexibility index (Phi) is 5.68. The molecule has 1 aliphatic rings. The van der Waals surface area contributed by atoms with Gasteiger partial charge in [-0.25, -0.2) is 0 Å². The third-order valence-corrected chi connectivity index (χ3v) is 7.13. The molecule has 2 aromatic heterocycles. The first kappa shape index (κ1) is 22.9. The minimum absolute atomic E-state index is 0.0197. The smallest absolute Gasteiger partial charge is 0.297 e. The molecule has 4 aromatic rings. The van der Waals surface area contributed by atoms with Gasteiger partial charge in [-0.15, -0.1) is 10.2 Å². The van der Waals surface area contributed by atoms with Gasteiger partial charge in [-0.05, 0) is 29.8 Å². The van der Waals surface area contributed by atoms with Crippen LogP contribution in [0.4, 0.5) is 5.13 Å². The van der Waals surface area contributed by atoms with Crippen molar-refractivity contribution in [3.8, 4) is 17.2 Å². The van der Waals surface area contributed by atoms with Gasteiger partial charge < -0.3 is 18.6 Å². The molecule has 0 spiro atoms. The van der Waals surface area contributed by atoms with Crippen LogP contribution in [-0.4, -0.2) is 37.4 Å². The van der Waals surface area contributed by atoms with E-state index in [1.54, 1.807) is 36.4 Å². The number of ether oxygens (including phenoxy) is 3. The highest BCUT2D eigenvalue weighted by Gasteiger charge is 2.45. The largest absolute Gasteiger partial charge is 0.493 e. The first-order valence-corrected chi connectivity index (χ1v) is 11.7. The monoisotopic (exact) mass is 493 g/mol. The molecular weight excluding hydrogens is 470 g/mol. The Morgan fingerprint density at radius 3 is 2.29 bits per heavy atom. The van der Waals surface area contributed by atoms with Gasteiger partial charge in [0.25, 0.3) is 5.91 Å². The van der Waals surface area contributed by atoms with Crippen molar-refractivity contribution in [2.45, 2.75) is 25.8 Å². The maximum Gasteiger partial charge on any atom is 0.297 e. The molecule has 0 N–H and O–H groups in total. The van der Waals surface area contributed by atoms with Crippen molar-refractivity contribution in [1.29, 1.82) is 0 Å². The highest BCUT2D eigenvalue weighted by atomic mass is 32.1. The van der Waals surface area contributed by atoms with Crippen LogP contribution in [-0.2, 0) is 0 Å². The lowest BCUT2D eigenvalue weighted by molar-refractivity contribution is 0.0970. The van der Waals surface area contributed by atoms with Crippen molar-refractivity contribution in [2.75, 3.05) is 26.2 Å². The zero-order chi connectivity index (χ0) is 24.9. The number of para-hydroxylation sites is 1. The van der Waals surface area contributed by atoms with E-state index >= 15 is 0 Å². The van der Waals surface area contributed by atoms with Crippen LogP contribution in [0.1, 0.15) is 52.5 Å². The van der Waals surface area contributed by atoms with E-state index in [0.717, 1.165) is 5.01 Å². The Morgan fingerprint density at radius 1 is 1.00 bits per heavy atom. The average molecular weight is 494 g/mol. The number of hydrogen-bond donors (Lipinski definition) is 0. The molecule has 0 saturated heterocycles. The van der Waals surface area contributed by atoms with Gasteiger partial charge in [0.2, 0.25) is 16.6 Å². The molecule has 0 bridgehead atoms. The third-order valence-electron chi connectivity index (χ3n) is 5.91. The van der Waals surface area contributed by atoms with Crippen LogP contribution in [0.2, 0.25) is 0 Å². The zero-order valence-electron chi connectivity index (χ0n) is 19.8. The summed E-state index contributed by atoms with van der Waals surface area (Å²) in [4.78, 5) is 28.9. The molecular formula is C25H23N3O6S. The summed E-state index contributed by atoms with van der Waals surface area (Å²) in [6.45, 7) is 4.00. The number of carbonyl (C=O) groups is 1. The molecule has 0 unspecified atom stereocenters. The summed E-state index contributed by atoms with van der Waals surface area (Å²) in [6.07, 6.45) is 0. The van der Waals surface area contributed by atoms with E-state index in [0.29, 0.717) is 38.9 Å². The van der Waals surface area contributed by atoms with E-state index in [9.17, 15) is 9.59 Å². The predicted molar refractivity (Wildman–Crippen MR) is 131 cm³/mol. The Morgan fingerprint density at radius 2 is 1.69 bits per heavy atom. The first-order valence-electron chi connectivity index (χ1n) is 10.9. The number of rotatable bonds is 6. The predicted octanol–water partition coefficient (Wildman–Crippen LogP) is 4.54. The number of methoxy groups -OCH3 is 3. The molecule has 180 valence electrons. The van der Waals surface area contributed by atoms with E-state index in [1.165, 1.54) is 37.6 Å². The maximum absolute atomic E-state index is 13.7. The van der Waals surface area contributed by atoms with Gasteiger partial charge in [-0.1, -0.05) is 37.3 Å². The van der Waals surface area contributed by atoms with Gasteiger partial charge in [-0.2, -0.15) is 0 Å². The molecule has 0 aliphatic carbocycles. The molecule has 3 heterocycles. The summed E-state index contributed by atoms with van der Waals surface area (Å²) in [5, 5.41) is 10.1. The van der Waals surface area contributed by atoms with Crippen LogP contribution in [0, 0.1) is 0 Å². The highest BCUT2D eigenvalue weighted by molar-refractivity contribution is 7.15. The van der Waals surface area contributed by atoms with Crippen molar-refractivity contribution in [2.24, 2.45) is 0 Å².